The van der Waals surface area contributed by atoms with Gasteiger partial charge >= 0.3 is 5.97 Å². The second-order valence-electron chi connectivity index (χ2n) is 4.47. The molecule has 5 nitrogen and oxygen atoms in total. The molecule has 0 aromatic heterocycles. The summed E-state index contributed by atoms with van der Waals surface area (Å²) in [4.78, 5) is 25.2. The number of nitrogens with zero attached hydrogens (tertiary/aromatic N) is 1. The minimum absolute atomic E-state index is 0.136. The van der Waals surface area contributed by atoms with Crippen LogP contribution in [-0.4, -0.2) is 59.1 Å². The van der Waals surface area contributed by atoms with Crippen molar-refractivity contribution in [1.82, 2.24) is 10.2 Å². The van der Waals surface area contributed by atoms with Crippen LogP contribution in [-0.2, 0) is 9.59 Å². The number of carbonyl (C=O) groups is 2. The number of likely N-dealkylation sites (tertiary alicyclic amines) is 1. The molecule has 2 N–H and O–H groups in total. The average Bonchev–Trinajstić information content (AvgIpc) is 2.82. The molecule has 1 saturated heterocycles. The number of carbonyl (C=O) groups excluding carboxylic acids is 1. The minimum Gasteiger partial charge on any atom is -0.480 e. The summed E-state index contributed by atoms with van der Waals surface area (Å²) in [6, 6.07) is -0.907. The molecular formula is C12H22N2O3S. The van der Waals surface area contributed by atoms with Crippen LogP contribution in [0.4, 0.5) is 0 Å². The van der Waals surface area contributed by atoms with Gasteiger partial charge in [-0.3, -0.25) is 9.69 Å². The van der Waals surface area contributed by atoms with Crippen molar-refractivity contribution in [3.05, 3.63) is 0 Å². The van der Waals surface area contributed by atoms with Gasteiger partial charge in [-0.25, -0.2) is 4.79 Å². The first-order chi connectivity index (χ1) is 8.60. The lowest BCUT2D eigenvalue weighted by atomic mass is 10.1. The van der Waals surface area contributed by atoms with E-state index in [9.17, 15) is 9.59 Å². The van der Waals surface area contributed by atoms with Gasteiger partial charge in [-0.05, 0) is 44.4 Å². The van der Waals surface area contributed by atoms with E-state index >= 15 is 0 Å². The average molecular weight is 274 g/mol. The third kappa shape index (κ3) is 4.17. The summed E-state index contributed by atoms with van der Waals surface area (Å²) in [7, 11) is 0. The van der Waals surface area contributed by atoms with Crippen LogP contribution < -0.4 is 5.32 Å². The molecule has 0 spiro atoms. The molecule has 0 saturated carbocycles. The summed E-state index contributed by atoms with van der Waals surface area (Å²) in [6.45, 7) is 3.78. The monoisotopic (exact) mass is 274 g/mol. The molecule has 1 heterocycles. The summed E-state index contributed by atoms with van der Waals surface area (Å²) in [6.07, 6.45) is 4.24. The van der Waals surface area contributed by atoms with E-state index in [-0.39, 0.29) is 11.9 Å². The molecule has 0 radical (unpaired) electrons. The van der Waals surface area contributed by atoms with Crippen LogP contribution in [0, 0.1) is 0 Å². The highest BCUT2D eigenvalue weighted by Crippen LogP contribution is 2.17. The number of carboxylic acids is 1. The Morgan fingerprint density at radius 2 is 2.28 bits per heavy atom. The largest absolute Gasteiger partial charge is 0.480 e. The Balaban J connectivity index is 2.52. The first-order valence-corrected chi connectivity index (χ1v) is 7.75. The van der Waals surface area contributed by atoms with Gasteiger partial charge < -0.3 is 10.4 Å². The van der Waals surface area contributed by atoms with E-state index in [1.165, 1.54) is 0 Å². The van der Waals surface area contributed by atoms with Gasteiger partial charge in [0, 0.05) is 0 Å². The Hall–Kier alpha value is -0.750. The molecule has 2 atom stereocenters. The number of carboxylic acid groups (broad SMARTS) is 1. The smallest absolute Gasteiger partial charge is 0.326 e. The van der Waals surface area contributed by atoms with Crippen LogP contribution in [0.15, 0.2) is 0 Å². The molecule has 1 unspecified atom stereocenters. The van der Waals surface area contributed by atoms with Gasteiger partial charge in [0.1, 0.15) is 6.04 Å². The number of nitrogens with one attached hydrogen (secondary N) is 1. The SMILES string of the molecule is CCN1CCCC1C(=O)N[C@@H](CCSC)C(=O)O. The Morgan fingerprint density at radius 1 is 1.56 bits per heavy atom. The summed E-state index contributed by atoms with van der Waals surface area (Å²) < 4.78 is 0. The zero-order valence-electron chi connectivity index (χ0n) is 11.0. The van der Waals surface area contributed by atoms with Gasteiger partial charge in [0.05, 0.1) is 6.04 Å². The molecule has 1 aliphatic heterocycles. The highest BCUT2D eigenvalue weighted by atomic mass is 32.2. The molecule has 6 heteroatoms. The second-order valence-corrected chi connectivity index (χ2v) is 5.45. The predicted molar refractivity (Wildman–Crippen MR) is 72.8 cm³/mol. The fourth-order valence-electron chi connectivity index (χ4n) is 2.26. The molecule has 1 amide bonds. The summed E-state index contributed by atoms with van der Waals surface area (Å²) in [5.41, 5.74) is 0. The van der Waals surface area contributed by atoms with E-state index in [1.54, 1.807) is 11.8 Å². The lowest BCUT2D eigenvalue weighted by Crippen LogP contribution is -2.49. The molecule has 0 bridgehead atoms. The number of hydrogen-bond acceptors (Lipinski definition) is 4. The van der Waals surface area contributed by atoms with E-state index in [0.29, 0.717) is 6.42 Å². The van der Waals surface area contributed by atoms with E-state index in [2.05, 4.69) is 10.2 Å². The fraction of sp³-hybridized carbons (Fsp3) is 0.833. The van der Waals surface area contributed by atoms with Crippen LogP contribution in [0.2, 0.25) is 0 Å². The fourth-order valence-corrected chi connectivity index (χ4v) is 2.73. The van der Waals surface area contributed by atoms with Crippen LogP contribution in [0.3, 0.4) is 0 Å². The molecule has 0 aliphatic carbocycles. The van der Waals surface area contributed by atoms with E-state index in [0.717, 1.165) is 31.7 Å². The zero-order chi connectivity index (χ0) is 13.5. The lowest BCUT2D eigenvalue weighted by molar-refractivity contribution is -0.142. The van der Waals surface area contributed by atoms with Crippen molar-refractivity contribution in [2.45, 2.75) is 38.3 Å². The first kappa shape index (κ1) is 15.3. The highest BCUT2D eigenvalue weighted by molar-refractivity contribution is 7.98. The van der Waals surface area contributed by atoms with Crippen molar-refractivity contribution in [2.75, 3.05) is 25.1 Å². The number of likely N-dealkylation sites (N-methyl/N-ethyl adjacent to an activating group) is 1. The summed E-state index contributed by atoms with van der Waals surface area (Å²) in [5, 5.41) is 11.7. The maximum Gasteiger partial charge on any atom is 0.326 e. The van der Waals surface area contributed by atoms with Gasteiger partial charge in [-0.1, -0.05) is 6.92 Å². The summed E-state index contributed by atoms with van der Waals surface area (Å²) in [5.74, 6) is -0.347. The van der Waals surface area contributed by atoms with Crippen LogP contribution >= 0.6 is 11.8 Å². The van der Waals surface area contributed by atoms with Crippen LogP contribution in [0.1, 0.15) is 26.2 Å². The van der Waals surface area contributed by atoms with Crippen molar-refractivity contribution in [3.8, 4) is 0 Å². The molecular weight excluding hydrogens is 252 g/mol. The maximum atomic E-state index is 12.1. The molecule has 104 valence electrons. The second kappa shape index (κ2) is 7.63. The summed E-state index contributed by atoms with van der Waals surface area (Å²) >= 11 is 1.59. The normalized spacial score (nSPS) is 21.8. The zero-order valence-corrected chi connectivity index (χ0v) is 11.8. The Bertz CT molecular complexity index is 299. The van der Waals surface area contributed by atoms with E-state index in [4.69, 9.17) is 5.11 Å². The molecule has 1 rings (SSSR count). The number of amides is 1. The number of aliphatic carboxylic acids is 1. The van der Waals surface area contributed by atoms with Gasteiger partial charge in [0.15, 0.2) is 0 Å². The molecule has 18 heavy (non-hydrogen) atoms. The van der Waals surface area contributed by atoms with Crippen molar-refractivity contribution < 1.29 is 14.7 Å². The van der Waals surface area contributed by atoms with Crippen molar-refractivity contribution >= 4 is 23.6 Å². The molecule has 0 aromatic rings. The Kier molecular flexibility index (Phi) is 6.49. The van der Waals surface area contributed by atoms with Gasteiger partial charge in [0.2, 0.25) is 5.91 Å². The number of hydrogen-bond donors (Lipinski definition) is 2. The van der Waals surface area contributed by atoms with Crippen molar-refractivity contribution in [3.63, 3.8) is 0 Å². The Morgan fingerprint density at radius 3 is 2.83 bits per heavy atom. The van der Waals surface area contributed by atoms with Gasteiger partial charge in [0.25, 0.3) is 0 Å². The van der Waals surface area contributed by atoms with Gasteiger partial charge in [-0.15, -0.1) is 0 Å². The third-order valence-corrected chi connectivity index (χ3v) is 3.94. The lowest BCUT2D eigenvalue weighted by Gasteiger charge is -2.23. The van der Waals surface area contributed by atoms with Crippen molar-refractivity contribution in [1.29, 1.82) is 0 Å². The number of rotatable bonds is 7. The molecule has 1 aliphatic rings. The van der Waals surface area contributed by atoms with Crippen LogP contribution in [0.5, 0.6) is 0 Å². The minimum atomic E-state index is -0.946. The van der Waals surface area contributed by atoms with E-state index < -0.39 is 12.0 Å². The van der Waals surface area contributed by atoms with E-state index in [1.807, 2.05) is 13.2 Å². The molecule has 0 aromatic carbocycles. The van der Waals surface area contributed by atoms with Crippen molar-refractivity contribution in [2.24, 2.45) is 0 Å². The topological polar surface area (TPSA) is 69.6 Å². The number of thioether (sulfide) groups is 1. The maximum absolute atomic E-state index is 12.1. The predicted octanol–water partition coefficient (Wildman–Crippen LogP) is 0.793. The quantitative estimate of drug-likeness (QED) is 0.718. The Labute approximate surface area is 112 Å². The first-order valence-electron chi connectivity index (χ1n) is 6.36. The highest BCUT2D eigenvalue weighted by Gasteiger charge is 2.31. The van der Waals surface area contributed by atoms with Crippen LogP contribution in [0.25, 0.3) is 0 Å². The standard InChI is InChI=1S/C12H22N2O3S/c1-3-14-7-4-5-10(14)11(15)13-9(12(16)17)6-8-18-2/h9-10H,3-8H2,1-2H3,(H,13,15)(H,16,17)/t9-,10?/m0/s1. The van der Waals surface area contributed by atoms with Gasteiger partial charge in [-0.2, -0.15) is 11.8 Å². The third-order valence-electron chi connectivity index (χ3n) is 3.30. The molecule has 1 fully saturated rings.